The van der Waals surface area contributed by atoms with Gasteiger partial charge in [0.1, 0.15) is 0 Å². The van der Waals surface area contributed by atoms with Crippen LogP contribution in [0.25, 0.3) is 10.9 Å². The van der Waals surface area contributed by atoms with Gasteiger partial charge in [0, 0.05) is 0 Å². The number of hydrogen-bond donors (Lipinski definition) is 0. The number of benzene rings is 1. The Hall–Kier alpha value is -0.947. The van der Waals surface area contributed by atoms with Crippen molar-refractivity contribution in [1.29, 1.82) is 0 Å². The second-order valence-corrected chi connectivity index (χ2v) is 3.08. The van der Waals surface area contributed by atoms with Crippen LogP contribution in [0.1, 0.15) is 0 Å². The molecule has 0 N–H and O–H groups in total. The molecule has 1 aromatic carbocycles. The van der Waals surface area contributed by atoms with E-state index in [0.717, 1.165) is 35.3 Å². The molecular formula is C9H6NOZn. The molecule has 0 fully saturated rings. The number of nitrogens with zero attached hydrogens (tertiary/aromatic N) is 1. The van der Waals surface area contributed by atoms with E-state index in [9.17, 15) is 0 Å². The van der Waals surface area contributed by atoms with E-state index >= 15 is 0 Å². The van der Waals surface area contributed by atoms with Crippen molar-refractivity contribution in [2.45, 2.75) is 0 Å². The van der Waals surface area contributed by atoms with Crippen LogP contribution in [-0.2, 0) is 18.7 Å². The third-order valence-corrected chi connectivity index (χ3v) is 2.40. The maximum atomic E-state index is 5.29. The molecule has 0 atom stereocenters. The number of fused-ring (bicyclic) bond motifs is 1. The van der Waals surface area contributed by atoms with Crippen molar-refractivity contribution in [1.82, 2.24) is 4.98 Å². The fraction of sp³-hybridized carbons (Fsp3) is 0. The van der Waals surface area contributed by atoms with Gasteiger partial charge in [-0.1, -0.05) is 0 Å². The summed E-state index contributed by atoms with van der Waals surface area (Å²) in [6.45, 7) is 0. The standard InChI is InChI=1S/C9H7NO.Zn/c11-8-5-1-3-7-4-2-6-10-9(7)8;/h1-6,11H;/q;+1/p-1. The third kappa shape index (κ3) is 1.21. The van der Waals surface area contributed by atoms with E-state index in [4.69, 9.17) is 3.56 Å². The first-order valence-corrected chi connectivity index (χ1v) is 4.89. The van der Waals surface area contributed by atoms with Crippen LogP contribution in [0.15, 0.2) is 36.5 Å². The Balaban J connectivity index is 2.79. The summed E-state index contributed by atoms with van der Waals surface area (Å²) >= 11 is 0.801. The molecule has 2 nitrogen and oxygen atoms in total. The van der Waals surface area contributed by atoms with Crippen LogP contribution >= 0.6 is 0 Å². The Morgan fingerprint density at radius 2 is 2.00 bits per heavy atom. The van der Waals surface area contributed by atoms with Crippen molar-refractivity contribution in [2.24, 2.45) is 0 Å². The van der Waals surface area contributed by atoms with Gasteiger partial charge in [0.25, 0.3) is 0 Å². The van der Waals surface area contributed by atoms with Crippen molar-refractivity contribution >= 4 is 10.9 Å². The molecule has 0 aliphatic rings. The molecule has 0 amide bonds. The molecule has 2 rings (SSSR count). The normalized spacial score (nSPS) is 10.2. The summed E-state index contributed by atoms with van der Waals surface area (Å²) in [5.41, 5.74) is 0.950. The molecule has 0 spiro atoms. The van der Waals surface area contributed by atoms with Crippen molar-refractivity contribution in [3.8, 4) is 5.75 Å². The summed E-state index contributed by atoms with van der Waals surface area (Å²) in [4.78, 5) is 4.25. The average Bonchev–Trinajstić information content (AvgIpc) is 2.17. The topological polar surface area (TPSA) is 22.1 Å². The molecule has 1 aromatic heterocycles. The molecular weight excluding hydrogens is 203 g/mol. The molecule has 12 heavy (non-hydrogen) atoms. The Morgan fingerprint density at radius 3 is 2.83 bits per heavy atom. The van der Waals surface area contributed by atoms with Gasteiger partial charge in [-0.25, -0.2) is 0 Å². The van der Waals surface area contributed by atoms with Crippen molar-refractivity contribution in [2.75, 3.05) is 0 Å². The van der Waals surface area contributed by atoms with Crippen LogP contribution < -0.4 is 3.56 Å². The van der Waals surface area contributed by atoms with Gasteiger partial charge in [0.15, 0.2) is 0 Å². The van der Waals surface area contributed by atoms with Gasteiger partial charge in [-0.3, -0.25) is 0 Å². The Labute approximate surface area is 80.7 Å². The molecule has 0 saturated heterocycles. The first kappa shape index (κ1) is 7.69. The van der Waals surface area contributed by atoms with E-state index in [-0.39, 0.29) is 0 Å². The predicted octanol–water partition coefficient (Wildman–Crippen LogP) is 2.08. The number of rotatable bonds is 1. The quantitative estimate of drug-likeness (QED) is 0.671. The molecule has 3 heteroatoms. The van der Waals surface area contributed by atoms with Gasteiger partial charge in [0.05, 0.1) is 0 Å². The minimum absolute atomic E-state index is 0.801. The van der Waals surface area contributed by atoms with Crippen LogP contribution in [-0.4, -0.2) is 4.98 Å². The summed E-state index contributed by atoms with van der Waals surface area (Å²) in [6, 6.07) is 9.92. The number of pyridine rings is 1. The second-order valence-electron chi connectivity index (χ2n) is 2.48. The zero-order chi connectivity index (χ0) is 8.39. The van der Waals surface area contributed by atoms with Crippen molar-refractivity contribution < 1.29 is 22.2 Å². The summed E-state index contributed by atoms with van der Waals surface area (Å²) in [6.07, 6.45) is 1.78. The molecule has 0 aliphatic carbocycles. The Morgan fingerprint density at radius 1 is 1.17 bits per heavy atom. The monoisotopic (exact) mass is 208 g/mol. The van der Waals surface area contributed by atoms with E-state index in [1.807, 2.05) is 30.3 Å². The minimum atomic E-state index is 0.801. The van der Waals surface area contributed by atoms with Crippen LogP contribution in [0.2, 0.25) is 0 Å². The molecule has 0 aliphatic heterocycles. The number of aromatic nitrogens is 1. The summed E-state index contributed by atoms with van der Waals surface area (Å²) in [5, 5.41) is 1.13. The molecule has 1 heterocycles. The first-order valence-electron chi connectivity index (χ1n) is 3.67. The molecule has 55 valence electrons. The summed E-state index contributed by atoms with van der Waals surface area (Å²) < 4.78 is 5.29. The van der Waals surface area contributed by atoms with E-state index in [2.05, 4.69) is 4.98 Å². The van der Waals surface area contributed by atoms with E-state index < -0.39 is 0 Å². The molecule has 0 unspecified atom stereocenters. The maximum absolute atomic E-state index is 5.29. The number of hydrogen-bond acceptors (Lipinski definition) is 2. The van der Waals surface area contributed by atoms with Gasteiger partial charge >= 0.3 is 80.4 Å². The Bertz CT molecular complexity index is 397. The van der Waals surface area contributed by atoms with Gasteiger partial charge in [0.2, 0.25) is 0 Å². The second kappa shape index (κ2) is 3.20. The zero-order valence-electron chi connectivity index (χ0n) is 6.53. The third-order valence-electron chi connectivity index (χ3n) is 1.75. The van der Waals surface area contributed by atoms with Gasteiger partial charge in [-0.2, -0.15) is 0 Å². The molecule has 0 saturated carbocycles. The van der Waals surface area contributed by atoms with E-state index in [0.29, 0.717) is 0 Å². The molecule has 0 bridgehead atoms. The van der Waals surface area contributed by atoms with Crippen LogP contribution in [0.5, 0.6) is 5.75 Å². The first-order chi connectivity index (χ1) is 5.92. The Kier molecular flexibility index (Phi) is 2.05. The SMILES string of the molecule is [Zn][O]c1cccc2cccnc12. The van der Waals surface area contributed by atoms with Gasteiger partial charge in [-0.15, -0.1) is 0 Å². The van der Waals surface area contributed by atoms with Crippen LogP contribution in [0.3, 0.4) is 0 Å². The van der Waals surface area contributed by atoms with Crippen molar-refractivity contribution in [3.63, 3.8) is 0 Å². The van der Waals surface area contributed by atoms with Crippen LogP contribution in [0.4, 0.5) is 0 Å². The fourth-order valence-corrected chi connectivity index (χ4v) is 1.68. The number of para-hydroxylation sites is 1. The molecule has 0 radical (unpaired) electrons. The van der Waals surface area contributed by atoms with Gasteiger partial charge < -0.3 is 0 Å². The zero-order valence-corrected chi connectivity index (χ0v) is 9.49. The predicted molar refractivity (Wildman–Crippen MR) is 42.4 cm³/mol. The summed E-state index contributed by atoms with van der Waals surface area (Å²) in [7, 11) is 0. The van der Waals surface area contributed by atoms with E-state index in [1.54, 1.807) is 6.20 Å². The molecule has 2 aromatic rings. The van der Waals surface area contributed by atoms with Gasteiger partial charge in [-0.05, 0) is 0 Å². The fourth-order valence-electron chi connectivity index (χ4n) is 1.19. The summed E-state index contributed by atoms with van der Waals surface area (Å²) in [5.74, 6) is 0.883. The van der Waals surface area contributed by atoms with E-state index in [1.165, 1.54) is 0 Å². The van der Waals surface area contributed by atoms with Crippen LogP contribution in [0, 0.1) is 0 Å². The van der Waals surface area contributed by atoms with Crippen molar-refractivity contribution in [3.05, 3.63) is 36.5 Å². The average molecular weight is 210 g/mol.